The molecule has 1 amide bonds. The Hall–Kier alpha value is -2.90. The number of carbonyl (C=O) groups is 1. The third-order valence-electron chi connectivity index (χ3n) is 5.69. The van der Waals surface area contributed by atoms with E-state index in [1.54, 1.807) is 4.90 Å². The molecule has 0 bridgehead atoms. The summed E-state index contributed by atoms with van der Waals surface area (Å²) in [6.45, 7) is 6.90. The molecule has 1 aliphatic heterocycles. The van der Waals surface area contributed by atoms with E-state index in [-0.39, 0.29) is 12.0 Å². The van der Waals surface area contributed by atoms with Crippen LogP contribution >= 0.6 is 0 Å². The molecule has 30 heavy (non-hydrogen) atoms. The molecular weight excluding hydrogens is 382 g/mol. The van der Waals surface area contributed by atoms with Gasteiger partial charge in [0.1, 0.15) is 5.60 Å². The molecule has 5 rings (SSSR count). The third-order valence-corrected chi connectivity index (χ3v) is 5.69. The minimum atomic E-state index is -0.481. The van der Waals surface area contributed by atoms with Crippen molar-refractivity contribution in [3.8, 4) is 11.4 Å². The van der Waals surface area contributed by atoms with Gasteiger partial charge >= 0.3 is 6.09 Å². The van der Waals surface area contributed by atoms with Gasteiger partial charge in [0.05, 0.1) is 17.8 Å². The Morgan fingerprint density at radius 3 is 2.63 bits per heavy atom. The minimum absolute atomic E-state index is 0.158. The molecule has 158 valence electrons. The molecule has 8 nitrogen and oxygen atoms in total. The highest BCUT2D eigenvalue weighted by molar-refractivity contribution is 5.83. The van der Waals surface area contributed by atoms with E-state index in [9.17, 15) is 4.79 Å². The molecule has 0 radical (unpaired) electrons. The maximum atomic E-state index is 12.3. The number of fused-ring (bicyclic) bond motifs is 1. The summed E-state index contributed by atoms with van der Waals surface area (Å²) in [5, 5.41) is 9.88. The van der Waals surface area contributed by atoms with Crippen LogP contribution in [0.5, 0.6) is 0 Å². The molecule has 1 aliphatic carbocycles. The molecule has 2 aliphatic rings. The zero-order valence-electron chi connectivity index (χ0n) is 17.7. The van der Waals surface area contributed by atoms with Crippen molar-refractivity contribution in [2.45, 2.75) is 64.0 Å². The number of ether oxygens (including phenoxy) is 1. The first-order chi connectivity index (χ1) is 14.4. The molecule has 8 heteroatoms. The number of carbonyl (C=O) groups excluding carboxylic acids is 1. The SMILES string of the molecule is CC(C)(C)OC(=O)N1CCC(c2nc(-c3ccc4cnn(C5CC5)c4c3)no2)CC1. The smallest absolute Gasteiger partial charge is 0.410 e. The van der Waals surface area contributed by atoms with Gasteiger partial charge in [-0.25, -0.2) is 4.79 Å². The van der Waals surface area contributed by atoms with E-state index in [2.05, 4.69) is 32.1 Å². The number of hydrogen-bond acceptors (Lipinski definition) is 6. The van der Waals surface area contributed by atoms with Crippen LogP contribution in [0.25, 0.3) is 22.3 Å². The monoisotopic (exact) mass is 409 g/mol. The van der Waals surface area contributed by atoms with Crippen LogP contribution in [0.2, 0.25) is 0 Å². The largest absolute Gasteiger partial charge is 0.444 e. The first kappa shape index (κ1) is 19.1. The number of piperidine rings is 1. The van der Waals surface area contributed by atoms with Gasteiger partial charge in [0, 0.05) is 30.0 Å². The Kier molecular flexibility index (Phi) is 4.52. The topological polar surface area (TPSA) is 86.3 Å². The maximum Gasteiger partial charge on any atom is 0.410 e. The average Bonchev–Trinajstić information content (AvgIpc) is 3.27. The van der Waals surface area contributed by atoms with E-state index in [4.69, 9.17) is 9.26 Å². The van der Waals surface area contributed by atoms with E-state index >= 15 is 0 Å². The fourth-order valence-corrected chi connectivity index (χ4v) is 3.94. The number of amides is 1. The summed E-state index contributed by atoms with van der Waals surface area (Å²) in [6.07, 6.45) is 5.61. The number of benzene rings is 1. The highest BCUT2D eigenvalue weighted by Crippen LogP contribution is 2.37. The van der Waals surface area contributed by atoms with Crippen molar-refractivity contribution in [3.05, 3.63) is 30.3 Å². The molecule has 0 unspecified atom stereocenters. The highest BCUT2D eigenvalue weighted by Gasteiger charge is 2.30. The molecule has 1 saturated carbocycles. The van der Waals surface area contributed by atoms with E-state index in [0.717, 1.165) is 29.3 Å². The van der Waals surface area contributed by atoms with E-state index in [1.165, 1.54) is 12.8 Å². The molecule has 0 atom stereocenters. The highest BCUT2D eigenvalue weighted by atomic mass is 16.6. The summed E-state index contributed by atoms with van der Waals surface area (Å²) in [5.41, 5.74) is 1.57. The fourth-order valence-electron chi connectivity index (χ4n) is 3.94. The van der Waals surface area contributed by atoms with Gasteiger partial charge in [-0.05, 0) is 52.5 Å². The lowest BCUT2D eigenvalue weighted by atomic mass is 9.97. The summed E-state index contributed by atoms with van der Waals surface area (Å²) in [7, 11) is 0. The lowest BCUT2D eigenvalue weighted by Gasteiger charge is -2.32. The molecule has 1 saturated heterocycles. The molecule has 2 aromatic heterocycles. The molecule has 3 heterocycles. The Bertz CT molecular complexity index is 1070. The van der Waals surface area contributed by atoms with Crippen LogP contribution in [0, 0.1) is 0 Å². The number of aromatic nitrogens is 4. The molecule has 0 N–H and O–H groups in total. The molecular formula is C22H27N5O3. The van der Waals surface area contributed by atoms with Gasteiger partial charge in [-0.15, -0.1) is 0 Å². The number of rotatable bonds is 3. The zero-order chi connectivity index (χ0) is 20.9. The number of likely N-dealkylation sites (tertiary alicyclic amines) is 1. The van der Waals surface area contributed by atoms with Crippen LogP contribution in [-0.4, -0.2) is 49.6 Å². The number of nitrogens with zero attached hydrogens (tertiary/aromatic N) is 5. The zero-order valence-corrected chi connectivity index (χ0v) is 17.7. The second-order valence-electron chi connectivity index (χ2n) is 9.29. The Labute approximate surface area is 175 Å². The van der Waals surface area contributed by atoms with Gasteiger partial charge in [0.25, 0.3) is 0 Å². The van der Waals surface area contributed by atoms with Crippen molar-refractivity contribution in [2.24, 2.45) is 0 Å². The quantitative estimate of drug-likeness (QED) is 0.631. The second-order valence-corrected chi connectivity index (χ2v) is 9.29. The lowest BCUT2D eigenvalue weighted by Crippen LogP contribution is -2.41. The predicted molar refractivity (Wildman–Crippen MR) is 111 cm³/mol. The van der Waals surface area contributed by atoms with Gasteiger partial charge in [0.15, 0.2) is 0 Å². The van der Waals surface area contributed by atoms with E-state index in [1.807, 2.05) is 33.0 Å². The normalized spacial score (nSPS) is 18.2. The van der Waals surface area contributed by atoms with Gasteiger partial charge in [-0.2, -0.15) is 10.1 Å². The fraction of sp³-hybridized carbons (Fsp3) is 0.545. The van der Waals surface area contributed by atoms with Gasteiger partial charge in [-0.3, -0.25) is 4.68 Å². The average molecular weight is 409 g/mol. The first-order valence-electron chi connectivity index (χ1n) is 10.7. The Morgan fingerprint density at radius 1 is 1.17 bits per heavy atom. The Balaban J connectivity index is 1.28. The van der Waals surface area contributed by atoms with Crippen molar-refractivity contribution < 1.29 is 14.1 Å². The van der Waals surface area contributed by atoms with Crippen LogP contribution in [0.4, 0.5) is 4.79 Å². The van der Waals surface area contributed by atoms with Crippen molar-refractivity contribution in [3.63, 3.8) is 0 Å². The summed E-state index contributed by atoms with van der Waals surface area (Å²) in [4.78, 5) is 18.7. The van der Waals surface area contributed by atoms with Crippen molar-refractivity contribution in [2.75, 3.05) is 13.1 Å². The Morgan fingerprint density at radius 2 is 1.93 bits per heavy atom. The lowest BCUT2D eigenvalue weighted by molar-refractivity contribution is 0.0198. The van der Waals surface area contributed by atoms with Crippen molar-refractivity contribution in [1.29, 1.82) is 0 Å². The van der Waals surface area contributed by atoms with Gasteiger partial charge < -0.3 is 14.2 Å². The standard InChI is InChI=1S/C22H27N5O3/c1-22(2,3)29-21(28)26-10-8-14(9-11-26)20-24-19(25-30-20)15-4-5-16-13-23-27(17-6-7-17)18(16)12-15/h4-5,12-14,17H,6-11H2,1-3H3. The molecule has 3 aromatic rings. The molecule has 1 aromatic carbocycles. The van der Waals surface area contributed by atoms with Crippen molar-refractivity contribution >= 4 is 17.0 Å². The van der Waals surface area contributed by atoms with Gasteiger partial charge in [0.2, 0.25) is 11.7 Å². The van der Waals surface area contributed by atoms with Crippen LogP contribution < -0.4 is 0 Å². The first-order valence-corrected chi connectivity index (χ1v) is 10.7. The van der Waals surface area contributed by atoms with Gasteiger partial charge in [-0.1, -0.05) is 17.3 Å². The summed E-state index contributed by atoms with van der Waals surface area (Å²) in [5.74, 6) is 1.40. The molecule has 0 spiro atoms. The summed E-state index contributed by atoms with van der Waals surface area (Å²) in [6, 6.07) is 6.70. The predicted octanol–water partition coefficient (Wildman–Crippen LogP) is 4.54. The van der Waals surface area contributed by atoms with E-state index in [0.29, 0.717) is 30.8 Å². The molecule has 2 fully saturated rings. The summed E-state index contributed by atoms with van der Waals surface area (Å²) < 4.78 is 13.2. The van der Waals surface area contributed by atoms with Crippen LogP contribution in [0.1, 0.15) is 64.3 Å². The number of hydrogen-bond donors (Lipinski definition) is 0. The van der Waals surface area contributed by atoms with Crippen LogP contribution in [0.3, 0.4) is 0 Å². The van der Waals surface area contributed by atoms with Crippen molar-refractivity contribution in [1.82, 2.24) is 24.8 Å². The second kappa shape index (κ2) is 7.11. The van der Waals surface area contributed by atoms with Crippen LogP contribution in [0.15, 0.2) is 28.9 Å². The van der Waals surface area contributed by atoms with E-state index < -0.39 is 5.60 Å². The summed E-state index contributed by atoms with van der Waals surface area (Å²) >= 11 is 0. The third kappa shape index (κ3) is 3.78. The van der Waals surface area contributed by atoms with Crippen LogP contribution in [-0.2, 0) is 4.74 Å². The maximum absolute atomic E-state index is 12.3. The minimum Gasteiger partial charge on any atom is -0.444 e.